The molecule has 10 heteroatoms. The lowest BCUT2D eigenvalue weighted by Crippen LogP contribution is -2.49. The summed E-state index contributed by atoms with van der Waals surface area (Å²) in [7, 11) is -2.11. The van der Waals surface area contributed by atoms with Crippen molar-refractivity contribution >= 4 is 27.3 Å². The van der Waals surface area contributed by atoms with Gasteiger partial charge in [-0.3, -0.25) is 18.6 Å². The van der Waals surface area contributed by atoms with E-state index in [0.717, 1.165) is 0 Å². The lowest BCUT2D eigenvalue weighted by molar-refractivity contribution is -0.122. The van der Waals surface area contributed by atoms with Crippen LogP contribution >= 0.6 is 0 Å². The number of nitrogens with zero attached hydrogens (tertiary/aromatic N) is 3. The number of hydrogen-bond acceptors (Lipinski definition) is 5. The van der Waals surface area contributed by atoms with Crippen LogP contribution in [0.4, 0.5) is 11.4 Å². The quantitative estimate of drug-likeness (QED) is 0.422. The number of fused-ring (bicyclic) bond motifs is 1. The van der Waals surface area contributed by atoms with Gasteiger partial charge in [0.15, 0.2) is 6.10 Å². The van der Waals surface area contributed by atoms with Crippen molar-refractivity contribution in [3.63, 3.8) is 0 Å². The summed E-state index contributed by atoms with van der Waals surface area (Å²) in [4.78, 5) is 26.6. The van der Waals surface area contributed by atoms with E-state index < -0.39 is 27.6 Å². The van der Waals surface area contributed by atoms with Gasteiger partial charge in [0.25, 0.3) is 11.5 Å². The largest absolute Gasteiger partial charge is 0.476 e. The van der Waals surface area contributed by atoms with Gasteiger partial charge in [0.1, 0.15) is 11.4 Å². The highest BCUT2D eigenvalue weighted by molar-refractivity contribution is 7.92. The number of carbonyl (C=O) groups is 1. The highest BCUT2D eigenvalue weighted by Crippen LogP contribution is 2.36. The third-order valence-electron chi connectivity index (χ3n) is 6.36. The molecule has 0 aliphatic carbocycles. The highest BCUT2D eigenvalue weighted by atomic mass is 32.2. The predicted octanol–water partition coefficient (Wildman–Crippen LogP) is 3.22. The maximum Gasteiger partial charge on any atom is 0.295 e. The molecule has 5 rings (SSSR count). The molecule has 0 spiro atoms. The van der Waals surface area contributed by atoms with E-state index in [0.29, 0.717) is 22.6 Å². The molecule has 37 heavy (non-hydrogen) atoms. The normalized spacial score (nSPS) is 15.1. The van der Waals surface area contributed by atoms with Gasteiger partial charge in [-0.2, -0.15) is 0 Å². The first-order valence-corrected chi connectivity index (χ1v) is 13.3. The van der Waals surface area contributed by atoms with Crippen molar-refractivity contribution in [1.82, 2.24) is 9.36 Å². The molecule has 1 aliphatic rings. The molecule has 0 bridgehead atoms. The second-order valence-electron chi connectivity index (χ2n) is 8.77. The number of carbonyl (C=O) groups excluding carboxylic acids is 1. The summed E-state index contributed by atoms with van der Waals surface area (Å²) in [6.07, 6.45) is -1.16. The van der Waals surface area contributed by atoms with Gasteiger partial charge in [0.05, 0.1) is 29.4 Å². The first-order valence-electron chi connectivity index (χ1n) is 11.7. The second-order valence-corrected chi connectivity index (χ2v) is 10.7. The van der Waals surface area contributed by atoms with Crippen molar-refractivity contribution in [2.45, 2.75) is 18.8 Å². The molecule has 1 amide bonds. The second kappa shape index (κ2) is 9.62. The molecule has 1 aliphatic heterocycles. The summed E-state index contributed by atoms with van der Waals surface area (Å²) in [5.41, 5.74) is 1.91. The topological polar surface area (TPSA) is 103 Å². The monoisotopic (exact) mass is 518 g/mol. The van der Waals surface area contributed by atoms with Gasteiger partial charge in [-0.25, -0.2) is 13.1 Å². The van der Waals surface area contributed by atoms with Crippen molar-refractivity contribution in [3.8, 4) is 11.4 Å². The Morgan fingerprint density at radius 1 is 0.973 bits per heavy atom. The minimum absolute atomic E-state index is 0.109. The van der Waals surface area contributed by atoms with E-state index >= 15 is 0 Å². The van der Waals surface area contributed by atoms with E-state index in [4.69, 9.17) is 4.74 Å². The summed E-state index contributed by atoms with van der Waals surface area (Å²) in [5, 5.41) is 2.69. The number of rotatable bonds is 6. The van der Waals surface area contributed by atoms with Crippen molar-refractivity contribution in [2.24, 2.45) is 7.05 Å². The van der Waals surface area contributed by atoms with Gasteiger partial charge in [-0.15, -0.1) is 0 Å². The number of sulfonamides is 1. The summed E-state index contributed by atoms with van der Waals surface area (Å²) in [6.45, 7) is 1.50. The number of aromatic nitrogens is 2. The molecule has 2 heterocycles. The van der Waals surface area contributed by atoms with Crippen LogP contribution in [-0.2, 0) is 27.6 Å². The van der Waals surface area contributed by atoms with E-state index in [9.17, 15) is 18.0 Å². The van der Waals surface area contributed by atoms with Gasteiger partial charge in [-0.05, 0) is 36.8 Å². The van der Waals surface area contributed by atoms with Gasteiger partial charge >= 0.3 is 0 Å². The van der Waals surface area contributed by atoms with Crippen molar-refractivity contribution < 1.29 is 17.9 Å². The predicted molar refractivity (Wildman–Crippen MR) is 142 cm³/mol. The van der Waals surface area contributed by atoms with E-state index in [1.807, 2.05) is 24.3 Å². The molecule has 1 aromatic heterocycles. The fourth-order valence-corrected chi connectivity index (χ4v) is 5.96. The first-order chi connectivity index (χ1) is 17.8. The average molecular weight is 519 g/mol. The Morgan fingerprint density at radius 2 is 1.59 bits per heavy atom. The van der Waals surface area contributed by atoms with E-state index in [1.165, 1.54) is 8.99 Å². The number of benzene rings is 3. The molecule has 1 atom stereocenters. The molecule has 0 saturated heterocycles. The Morgan fingerprint density at radius 3 is 2.30 bits per heavy atom. The lowest BCUT2D eigenvalue weighted by atomic mass is 10.2. The molecule has 1 N–H and O–H groups in total. The molecule has 0 saturated carbocycles. The average Bonchev–Trinajstić information content (AvgIpc) is 3.11. The molecule has 4 aromatic rings. The molecular formula is C27H26N4O5S. The van der Waals surface area contributed by atoms with Gasteiger partial charge in [0.2, 0.25) is 10.0 Å². The van der Waals surface area contributed by atoms with Crippen LogP contribution < -0.4 is 19.9 Å². The molecule has 0 unspecified atom stereocenters. The van der Waals surface area contributed by atoms with Crippen molar-refractivity contribution in [1.29, 1.82) is 0 Å². The number of anilines is 2. The number of nitrogens with one attached hydrogen (secondary N) is 1. The van der Waals surface area contributed by atoms with Crippen LogP contribution in [0.15, 0.2) is 89.7 Å². The lowest BCUT2D eigenvalue weighted by Gasteiger charge is -2.34. The minimum Gasteiger partial charge on any atom is -0.476 e. The molecule has 9 nitrogen and oxygen atoms in total. The molecule has 0 fully saturated rings. The third-order valence-corrected chi connectivity index (χ3v) is 8.07. The Labute approximate surface area is 214 Å². The van der Waals surface area contributed by atoms with Crippen LogP contribution in [-0.4, -0.2) is 36.3 Å². The van der Waals surface area contributed by atoms with E-state index in [2.05, 4.69) is 5.32 Å². The molecular weight excluding hydrogens is 492 g/mol. The number of para-hydroxylation sites is 3. The minimum atomic E-state index is -3.84. The number of hydrogen-bond donors (Lipinski definition) is 1. The summed E-state index contributed by atoms with van der Waals surface area (Å²) < 4.78 is 37.1. The van der Waals surface area contributed by atoms with Crippen LogP contribution in [0.1, 0.15) is 11.3 Å². The highest BCUT2D eigenvalue weighted by Gasteiger charge is 2.37. The first kappa shape index (κ1) is 24.4. The van der Waals surface area contributed by atoms with Gasteiger partial charge in [0, 0.05) is 7.05 Å². The zero-order valence-electron chi connectivity index (χ0n) is 20.4. The maximum atomic E-state index is 13.4. The smallest absolute Gasteiger partial charge is 0.295 e. The molecule has 3 aromatic carbocycles. The molecule has 190 valence electrons. The Kier molecular flexibility index (Phi) is 6.34. The van der Waals surface area contributed by atoms with Crippen LogP contribution in [0.2, 0.25) is 0 Å². The van der Waals surface area contributed by atoms with Crippen LogP contribution in [0.5, 0.6) is 5.75 Å². The number of amides is 1. The van der Waals surface area contributed by atoms with Gasteiger partial charge in [-0.1, -0.05) is 60.7 Å². The molecule has 0 radical (unpaired) electrons. The SMILES string of the molecule is Cc1c(NC(=O)[C@H]2CN(S(=O)(=O)Cc3ccccc3)c3ccccc3O2)c(=O)n(-c2ccccc2)n1C. The van der Waals surface area contributed by atoms with Crippen LogP contribution in [0.3, 0.4) is 0 Å². The Hall–Kier alpha value is -4.31. The van der Waals surface area contributed by atoms with Crippen LogP contribution in [0, 0.1) is 6.92 Å². The summed E-state index contributed by atoms with van der Waals surface area (Å²) in [5.74, 6) is -0.562. The number of ether oxygens (including phenoxy) is 1. The third kappa shape index (κ3) is 4.63. The Bertz CT molecular complexity index is 1610. The van der Waals surface area contributed by atoms with E-state index in [-0.39, 0.29) is 23.7 Å². The van der Waals surface area contributed by atoms with Gasteiger partial charge < -0.3 is 10.1 Å². The fourth-order valence-electron chi connectivity index (χ4n) is 4.38. The van der Waals surface area contributed by atoms with Crippen molar-refractivity contribution in [2.75, 3.05) is 16.2 Å². The maximum absolute atomic E-state index is 13.4. The summed E-state index contributed by atoms with van der Waals surface area (Å²) >= 11 is 0. The van der Waals surface area contributed by atoms with Crippen LogP contribution in [0.25, 0.3) is 5.69 Å². The zero-order chi connectivity index (χ0) is 26.2. The Balaban J connectivity index is 1.45. The zero-order valence-corrected chi connectivity index (χ0v) is 21.2. The standard InChI is InChI=1S/C27H26N4O5S/c1-19-25(27(33)31(29(19)2)21-13-7-4-8-14-21)28-26(32)24-17-30(22-15-9-10-16-23(22)36-24)37(34,35)18-20-11-5-3-6-12-20/h3-16,24H,17-18H2,1-2H3,(H,28,32)/t24-/m1/s1. The van der Waals surface area contributed by atoms with Crippen molar-refractivity contribution in [3.05, 3.63) is 107 Å². The summed E-state index contributed by atoms with van der Waals surface area (Å²) in [6, 6.07) is 24.6. The van der Waals surface area contributed by atoms with E-state index in [1.54, 1.807) is 79.3 Å². The fraction of sp³-hybridized carbons (Fsp3) is 0.185.